The molecular formula is C36H59NO8S. The van der Waals surface area contributed by atoms with E-state index in [0.717, 1.165) is 49.8 Å². The van der Waals surface area contributed by atoms with E-state index in [4.69, 9.17) is 14.2 Å². The van der Waals surface area contributed by atoms with Gasteiger partial charge in [0.05, 0.1) is 19.6 Å². The van der Waals surface area contributed by atoms with Crippen molar-refractivity contribution in [3.05, 3.63) is 42.0 Å². The van der Waals surface area contributed by atoms with Gasteiger partial charge in [0.15, 0.2) is 5.60 Å². The normalized spacial score (nSPS) is 14.0. The minimum absolute atomic E-state index is 0.0652. The minimum atomic E-state index is -2.43. The van der Waals surface area contributed by atoms with Crippen LogP contribution in [0.25, 0.3) is 0 Å². The number of hydrogen-bond donors (Lipinski definition) is 3. The number of amides is 1. The summed E-state index contributed by atoms with van der Waals surface area (Å²) in [6.45, 7) is 4.86. The molecule has 3 N–H and O–H groups in total. The summed E-state index contributed by atoms with van der Waals surface area (Å²) in [7, 11) is 2.62. The first-order valence-corrected chi connectivity index (χ1v) is 18.2. The van der Waals surface area contributed by atoms with Gasteiger partial charge in [0, 0.05) is 26.6 Å². The highest BCUT2D eigenvalue weighted by atomic mass is 32.2. The molecule has 0 radical (unpaired) electrons. The molecule has 9 nitrogen and oxygen atoms in total. The summed E-state index contributed by atoms with van der Waals surface area (Å²) < 4.78 is 15.7. The lowest BCUT2D eigenvalue weighted by molar-refractivity contribution is -0.169. The van der Waals surface area contributed by atoms with E-state index in [1.165, 1.54) is 58.2 Å². The number of carbonyl (C=O) groups is 3. The lowest BCUT2D eigenvalue weighted by Crippen LogP contribution is -2.55. The number of hydrogen-bond acceptors (Lipinski definition) is 8. The van der Waals surface area contributed by atoms with Crippen molar-refractivity contribution in [1.82, 2.24) is 5.32 Å². The number of ether oxygens (including phenoxy) is 3. The van der Waals surface area contributed by atoms with Crippen LogP contribution in [0.1, 0.15) is 103 Å². The second kappa shape index (κ2) is 25.5. The SMILES string of the molecule is CCCCCCCSCCCCCCC=C[C@H](C(=O)N[C@@H](Cc1ccc(OCCCC)cc1)C(=O)OC)[C@@](O)(CCOC)C(=O)O. The Morgan fingerprint density at radius 2 is 1.52 bits per heavy atom. The summed E-state index contributed by atoms with van der Waals surface area (Å²) in [5, 5.41) is 23.9. The highest BCUT2D eigenvalue weighted by Gasteiger charge is 2.47. The van der Waals surface area contributed by atoms with Gasteiger partial charge in [-0.15, -0.1) is 0 Å². The number of methoxy groups -OCH3 is 2. The van der Waals surface area contributed by atoms with Crippen LogP contribution in [-0.2, 0) is 30.3 Å². The Labute approximate surface area is 281 Å². The van der Waals surface area contributed by atoms with Crippen molar-refractivity contribution in [2.75, 3.05) is 38.9 Å². The Kier molecular flexibility index (Phi) is 23.0. The quantitative estimate of drug-likeness (QED) is 0.0506. The summed E-state index contributed by atoms with van der Waals surface area (Å²) in [4.78, 5) is 38.6. The Morgan fingerprint density at radius 1 is 0.891 bits per heavy atom. The molecule has 46 heavy (non-hydrogen) atoms. The average molecular weight is 666 g/mol. The van der Waals surface area contributed by atoms with Crippen LogP contribution in [0, 0.1) is 5.92 Å². The number of nitrogens with one attached hydrogen (secondary N) is 1. The van der Waals surface area contributed by atoms with Crippen molar-refractivity contribution in [3.8, 4) is 5.75 Å². The van der Waals surface area contributed by atoms with Gasteiger partial charge in [-0.3, -0.25) is 4.79 Å². The zero-order chi connectivity index (χ0) is 34.0. The number of allylic oxidation sites excluding steroid dienone is 1. The maximum atomic E-state index is 13.6. The fraction of sp³-hybridized carbons (Fsp3) is 0.694. The number of rotatable bonds is 28. The molecule has 0 fully saturated rings. The number of carboxylic acids is 1. The maximum Gasteiger partial charge on any atom is 0.336 e. The lowest BCUT2D eigenvalue weighted by atomic mass is 9.83. The number of carbonyl (C=O) groups excluding carboxylic acids is 2. The first kappa shape index (κ1) is 41.5. The van der Waals surface area contributed by atoms with Gasteiger partial charge in [0.1, 0.15) is 11.8 Å². The molecule has 1 rings (SSSR count). The van der Waals surface area contributed by atoms with Crippen LogP contribution in [0.4, 0.5) is 0 Å². The van der Waals surface area contributed by atoms with E-state index in [9.17, 15) is 24.6 Å². The predicted octanol–water partition coefficient (Wildman–Crippen LogP) is 6.74. The summed E-state index contributed by atoms with van der Waals surface area (Å²) in [6.07, 6.45) is 16.3. The monoisotopic (exact) mass is 665 g/mol. The average Bonchev–Trinajstić information content (AvgIpc) is 3.05. The second-order valence-electron chi connectivity index (χ2n) is 11.7. The van der Waals surface area contributed by atoms with E-state index in [1.54, 1.807) is 30.3 Å². The van der Waals surface area contributed by atoms with E-state index in [-0.39, 0.29) is 19.4 Å². The van der Waals surface area contributed by atoms with Crippen LogP contribution in [-0.4, -0.2) is 78.6 Å². The second-order valence-corrected chi connectivity index (χ2v) is 13.0. The largest absolute Gasteiger partial charge is 0.494 e. The van der Waals surface area contributed by atoms with Gasteiger partial charge in [-0.2, -0.15) is 11.8 Å². The van der Waals surface area contributed by atoms with Crippen molar-refractivity contribution in [2.24, 2.45) is 5.92 Å². The maximum absolute atomic E-state index is 13.6. The number of esters is 1. The van der Waals surface area contributed by atoms with Crippen molar-refractivity contribution in [3.63, 3.8) is 0 Å². The van der Waals surface area contributed by atoms with Crippen LogP contribution in [0.2, 0.25) is 0 Å². The van der Waals surface area contributed by atoms with Crippen LogP contribution >= 0.6 is 11.8 Å². The molecule has 0 aliphatic heterocycles. The van der Waals surface area contributed by atoms with Crippen molar-refractivity contribution < 1.29 is 38.8 Å². The molecule has 0 saturated carbocycles. The van der Waals surface area contributed by atoms with E-state index >= 15 is 0 Å². The molecule has 3 atom stereocenters. The van der Waals surface area contributed by atoms with E-state index in [2.05, 4.69) is 19.2 Å². The first-order valence-electron chi connectivity index (χ1n) is 17.0. The van der Waals surface area contributed by atoms with Gasteiger partial charge in [-0.25, -0.2) is 9.59 Å². The van der Waals surface area contributed by atoms with Gasteiger partial charge >= 0.3 is 11.9 Å². The first-order chi connectivity index (χ1) is 22.2. The molecule has 0 aromatic heterocycles. The zero-order valence-corrected chi connectivity index (χ0v) is 29.4. The molecule has 1 aromatic carbocycles. The highest BCUT2D eigenvalue weighted by Crippen LogP contribution is 2.26. The standard InChI is InChI=1S/C36H59NO8S/c1-5-7-9-13-16-26-46-27-17-14-11-10-12-15-18-31(36(42,35(40)41)23-25-43-3)33(38)37-32(34(39)44-4)28-29-19-21-30(22-20-29)45-24-8-6-2/h15,18-22,31-32,42H,5-14,16-17,23-28H2,1-4H3,(H,37,38)(H,40,41)/t31-,32+,36+/m1/s1. The Hall–Kier alpha value is -2.56. The van der Waals surface area contributed by atoms with E-state index < -0.39 is 35.4 Å². The summed E-state index contributed by atoms with van der Waals surface area (Å²) in [6, 6.07) is 6.12. The molecule has 0 spiro atoms. The van der Waals surface area contributed by atoms with Gasteiger partial charge in [-0.05, 0) is 61.3 Å². The third-order valence-electron chi connectivity index (χ3n) is 7.92. The summed E-state index contributed by atoms with van der Waals surface area (Å²) in [5.74, 6) is -1.35. The number of aliphatic carboxylic acids is 1. The van der Waals surface area contributed by atoms with E-state index in [0.29, 0.717) is 18.8 Å². The molecule has 10 heteroatoms. The number of unbranched alkanes of at least 4 members (excludes halogenated alkanes) is 9. The van der Waals surface area contributed by atoms with E-state index in [1.807, 2.05) is 11.8 Å². The molecule has 1 aromatic rings. The molecule has 0 unspecified atom stereocenters. The molecule has 1 amide bonds. The van der Waals surface area contributed by atoms with Crippen molar-refractivity contribution in [2.45, 2.75) is 115 Å². The summed E-state index contributed by atoms with van der Waals surface area (Å²) >= 11 is 2.02. The summed E-state index contributed by atoms with van der Waals surface area (Å²) in [5.41, 5.74) is -1.67. The number of carboxylic acid groups (broad SMARTS) is 1. The molecule has 0 bridgehead atoms. The molecule has 0 aliphatic carbocycles. The van der Waals surface area contributed by atoms with Crippen molar-refractivity contribution in [1.29, 1.82) is 0 Å². The van der Waals surface area contributed by atoms with Crippen LogP contribution < -0.4 is 10.1 Å². The van der Waals surface area contributed by atoms with Crippen LogP contribution in [0.15, 0.2) is 36.4 Å². The van der Waals surface area contributed by atoms with Gasteiger partial charge in [0.25, 0.3) is 0 Å². The molecule has 0 saturated heterocycles. The smallest absolute Gasteiger partial charge is 0.336 e. The lowest BCUT2D eigenvalue weighted by Gasteiger charge is -2.30. The molecule has 262 valence electrons. The predicted molar refractivity (Wildman–Crippen MR) is 185 cm³/mol. The Bertz CT molecular complexity index is 1000. The van der Waals surface area contributed by atoms with Crippen LogP contribution in [0.3, 0.4) is 0 Å². The fourth-order valence-corrected chi connectivity index (χ4v) is 5.99. The van der Waals surface area contributed by atoms with Gasteiger partial charge in [0.2, 0.25) is 5.91 Å². The van der Waals surface area contributed by atoms with Crippen LogP contribution in [0.5, 0.6) is 5.75 Å². The molecule has 0 aliphatic rings. The Balaban J connectivity index is 2.82. The molecular weight excluding hydrogens is 606 g/mol. The third-order valence-corrected chi connectivity index (χ3v) is 9.07. The third kappa shape index (κ3) is 16.8. The topological polar surface area (TPSA) is 131 Å². The number of thioether (sulfide) groups is 1. The van der Waals surface area contributed by atoms with Crippen molar-refractivity contribution >= 4 is 29.6 Å². The van der Waals surface area contributed by atoms with Gasteiger partial charge < -0.3 is 29.7 Å². The zero-order valence-electron chi connectivity index (χ0n) is 28.6. The minimum Gasteiger partial charge on any atom is -0.494 e. The number of benzene rings is 1. The fourth-order valence-electron chi connectivity index (χ4n) is 4.97. The number of aliphatic hydroxyl groups is 1. The highest BCUT2D eigenvalue weighted by molar-refractivity contribution is 7.99. The molecule has 0 heterocycles. The van der Waals surface area contributed by atoms with Gasteiger partial charge in [-0.1, -0.05) is 83.1 Å². The Morgan fingerprint density at radius 3 is 2.11 bits per heavy atom.